The topological polar surface area (TPSA) is 89.9 Å². The molecule has 4 rings (SSSR count). The molecule has 2 heterocycles. The third-order valence-electron chi connectivity index (χ3n) is 7.72. The Bertz CT molecular complexity index is 1200. The van der Waals surface area contributed by atoms with Gasteiger partial charge in [0.2, 0.25) is 0 Å². The van der Waals surface area contributed by atoms with Crippen LogP contribution < -0.4 is 25.0 Å². The number of amides is 1. The monoisotopic (exact) mass is 631 g/mol. The number of fused-ring (bicyclic) bond motifs is 2. The maximum absolute atomic E-state index is 13.5. The van der Waals surface area contributed by atoms with Crippen LogP contribution in [0, 0.1) is 12.3 Å². The summed E-state index contributed by atoms with van der Waals surface area (Å²) in [5.41, 5.74) is 4.96. The van der Waals surface area contributed by atoms with E-state index in [1.54, 1.807) is 27.5 Å². The van der Waals surface area contributed by atoms with Gasteiger partial charge in [0.05, 0.1) is 24.8 Å². The van der Waals surface area contributed by atoms with Crippen LogP contribution >= 0.6 is 22.6 Å². The van der Waals surface area contributed by atoms with E-state index >= 15 is 0 Å². The summed E-state index contributed by atoms with van der Waals surface area (Å²) in [6.45, 7) is 5.94. The Kier molecular flexibility index (Phi) is 9.19. The number of aryl methyl sites for hydroxylation is 1. The quantitative estimate of drug-likeness (QED) is 0.152. The van der Waals surface area contributed by atoms with Gasteiger partial charge in [0.1, 0.15) is 0 Å². The van der Waals surface area contributed by atoms with Gasteiger partial charge in [-0.3, -0.25) is 9.69 Å². The molecule has 2 aliphatic heterocycles. The Morgan fingerprint density at radius 3 is 2.45 bits per heavy atom. The number of methoxy groups -OCH3 is 2. The maximum Gasteiger partial charge on any atom is 0.252 e. The zero-order valence-corrected chi connectivity index (χ0v) is 25.0. The first kappa shape index (κ1) is 28.2. The molecule has 2 fully saturated rings. The molecule has 8 nitrogen and oxygen atoms in total. The number of hydrogen-bond donors (Lipinski definition) is 3. The minimum atomic E-state index is -0.297. The van der Waals surface area contributed by atoms with Gasteiger partial charge in [0, 0.05) is 67.0 Å². The molecule has 2 aromatic carbocycles. The summed E-state index contributed by atoms with van der Waals surface area (Å²) in [5.74, 6) is 0.975. The average Bonchev–Trinajstić information content (AvgIpc) is 3.18. The fourth-order valence-electron chi connectivity index (χ4n) is 5.61. The molecule has 2 aliphatic rings. The molecule has 2 bridgehead atoms. The summed E-state index contributed by atoms with van der Waals surface area (Å²) in [6, 6.07) is 10.9. The number of alkyl halides is 1. The third kappa shape index (κ3) is 5.63. The lowest BCUT2D eigenvalue weighted by molar-refractivity contribution is 0.0939. The second kappa shape index (κ2) is 12.4. The largest absolute Gasteiger partial charge is 0.493 e. The summed E-state index contributed by atoms with van der Waals surface area (Å²) in [6.07, 6.45) is 5.49. The lowest BCUT2D eigenvalue weighted by Gasteiger charge is -2.41. The maximum atomic E-state index is 13.5. The summed E-state index contributed by atoms with van der Waals surface area (Å²) in [5, 5.41) is 14.0. The lowest BCUT2D eigenvalue weighted by Crippen LogP contribution is -2.53. The van der Waals surface area contributed by atoms with E-state index in [0.29, 0.717) is 40.3 Å². The molecule has 3 N–H and O–H groups in total. The highest BCUT2D eigenvalue weighted by Crippen LogP contribution is 2.38. The minimum Gasteiger partial charge on any atom is -0.493 e. The number of carbonyl (C=O) groups is 1. The fraction of sp³-hybridized carbons (Fsp3) is 0.448. The van der Waals surface area contributed by atoms with Gasteiger partial charge in [0.15, 0.2) is 11.5 Å². The summed E-state index contributed by atoms with van der Waals surface area (Å²) in [7, 11) is 4.95. The number of piperazine rings is 1. The molecular formula is C29H38IN5O3. The standard InChI is InChI=1S/C29H38IN5O3/c1-18-6-7-22(34-15-23-8-9-24(16-34)35(23)17-30)12-25(18)29(36)33-19(2)20-10-26(21(13-31)14-32-3)28(38-5)27(11-20)37-4/h6-7,10-14,19,23-24,31-32H,8-9,15-17H2,1-5H3,(H,33,36)/b21-14+,31-13?/t19-,23-,24+/m1/s1. The van der Waals surface area contributed by atoms with E-state index in [-0.39, 0.29) is 11.9 Å². The normalized spacial score (nSPS) is 20.2. The van der Waals surface area contributed by atoms with Crippen LogP contribution in [0.2, 0.25) is 0 Å². The van der Waals surface area contributed by atoms with Crippen molar-refractivity contribution in [3.8, 4) is 11.5 Å². The second-order valence-electron chi connectivity index (χ2n) is 9.95. The number of allylic oxidation sites excluding steroid dienone is 1. The van der Waals surface area contributed by atoms with Crippen LogP contribution in [0.1, 0.15) is 52.9 Å². The van der Waals surface area contributed by atoms with E-state index in [1.165, 1.54) is 19.1 Å². The molecule has 0 aromatic heterocycles. The molecule has 2 saturated heterocycles. The van der Waals surface area contributed by atoms with Crippen molar-refractivity contribution in [2.75, 3.05) is 43.8 Å². The van der Waals surface area contributed by atoms with Crippen LogP contribution in [0.25, 0.3) is 5.57 Å². The summed E-state index contributed by atoms with van der Waals surface area (Å²) < 4.78 is 12.3. The SMILES string of the molecule is CN/C=C(\C=N)c1cc([C@@H](C)NC(=O)c2cc(N3C[C@H]4CC[C@@H](C3)N4CI)ccc2C)cc(OC)c1OC. The highest BCUT2D eigenvalue weighted by molar-refractivity contribution is 14.1. The van der Waals surface area contributed by atoms with E-state index < -0.39 is 0 Å². The number of carbonyl (C=O) groups excluding carboxylic acids is 1. The molecular weight excluding hydrogens is 593 g/mol. The zero-order chi connectivity index (χ0) is 27.4. The number of hydrogen-bond acceptors (Lipinski definition) is 7. The number of benzene rings is 2. The van der Waals surface area contributed by atoms with Crippen molar-refractivity contribution in [1.29, 1.82) is 5.41 Å². The number of anilines is 1. The van der Waals surface area contributed by atoms with E-state index in [2.05, 4.69) is 55.2 Å². The van der Waals surface area contributed by atoms with Crippen LogP contribution in [0.5, 0.6) is 11.5 Å². The molecule has 0 radical (unpaired) electrons. The van der Waals surface area contributed by atoms with Gasteiger partial charge in [-0.05, 0) is 62.1 Å². The van der Waals surface area contributed by atoms with Crippen molar-refractivity contribution >= 4 is 46.0 Å². The Balaban J connectivity index is 1.58. The average molecular weight is 632 g/mol. The van der Waals surface area contributed by atoms with E-state index in [1.807, 2.05) is 32.0 Å². The van der Waals surface area contributed by atoms with E-state index in [4.69, 9.17) is 14.9 Å². The third-order valence-corrected chi connectivity index (χ3v) is 8.51. The van der Waals surface area contributed by atoms with Crippen LogP contribution in [0.15, 0.2) is 36.5 Å². The Hall–Kier alpha value is -2.79. The van der Waals surface area contributed by atoms with Crippen molar-refractivity contribution in [2.24, 2.45) is 0 Å². The summed E-state index contributed by atoms with van der Waals surface area (Å²) in [4.78, 5) is 18.6. The van der Waals surface area contributed by atoms with Crippen molar-refractivity contribution in [3.63, 3.8) is 0 Å². The molecule has 2 aromatic rings. The van der Waals surface area contributed by atoms with Crippen molar-refractivity contribution < 1.29 is 14.3 Å². The van der Waals surface area contributed by atoms with Gasteiger partial charge >= 0.3 is 0 Å². The molecule has 0 unspecified atom stereocenters. The highest BCUT2D eigenvalue weighted by atomic mass is 127. The van der Waals surface area contributed by atoms with Crippen LogP contribution in [-0.2, 0) is 0 Å². The van der Waals surface area contributed by atoms with Crippen LogP contribution in [0.4, 0.5) is 5.69 Å². The summed E-state index contributed by atoms with van der Waals surface area (Å²) >= 11 is 2.48. The van der Waals surface area contributed by atoms with E-state index in [9.17, 15) is 4.79 Å². The number of ether oxygens (including phenoxy) is 2. The van der Waals surface area contributed by atoms with Gasteiger partial charge in [0.25, 0.3) is 5.91 Å². The van der Waals surface area contributed by atoms with Gasteiger partial charge in [-0.25, -0.2) is 0 Å². The first-order chi connectivity index (χ1) is 18.3. The Labute approximate surface area is 239 Å². The molecule has 38 heavy (non-hydrogen) atoms. The smallest absolute Gasteiger partial charge is 0.252 e. The van der Waals surface area contributed by atoms with Crippen molar-refractivity contribution in [2.45, 2.75) is 44.8 Å². The highest BCUT2D eigenvalue weighted by Gasteiger charge is 2.39. The van der Waals surface area contributed by atoms with Gasteiger partial charge in [-0.1, -0.05) is 28.7 Å². The first-order valence-electron chi connectivity index (χ1n) is 13.0. The van der Waals surface area contributed by atoms with Gasteiger partial charge in [-0.2, -0.15) is 0 Å². The van der Waals surface area contributed by atoms with Crippen molar-refractivity contribution in [1.82, 2.24) is 15.5 Å². The molecule has 9 heteroatoms. The van der Waals surface area contributed by atoms with Gasteiger partial charge < -0.3 is 30.4 Å². The molecule has 0 spiro atoms. The molecule has 204 valence electrons. The second-order valence-corrected chi connectivity index (χ2v) is 10.6. The molecule has 3 atom stereocenters. The Morgan fingerprint density at radius 1 is 1.16 bits per heavy atom. The molecule has 1 amide bonds. The number of rotatable bonds is 10. The zero-order valence-electron chi connectivity index (χ0n) is 22.8. The molecule has 0 aliphatic carbocycles. The number of halogens is 1. The Morgan fingerprint density at radius 2 is 1.87 bits per heavy atom. The van der Waals surface area contributed by atoms with Crippen LogP contribution in [-0.4, -0.2) is 68.0 Å². The predicted octanol–water partition coefficient (Wildman–Crippen LogP) is 4.76. The van der Waals surface area contributed by atoms with Gasteiger partial charge in [-0.15, -0.1) is 0 Å². The number of nitrogens with one attached hydrogen (secondary N) is 3. The fourth-order valence-corrected chi connectivity index (χ4v) is 6.72. The van der Waals surface area contributed by atoms with Crippen molar-refractivity contribution in [3.05, 3.63) is 58.8 Å². The van der Waals surface area contributed by atoms with E-state index in [0.717, 1.165) is 34.5 Å². The lowest BCUT2D eigenvalue weighted by atomic mass is 9.98. The predicted molar refractivity (Wildman–Crippen MR) is 162 cm³/mol. The number of nitrogens with zero attached hydrogens (tertiary/aromatic N) is 2. The molecule has 0 saturated carbocycles. The first-order valence-corrected chi connectivity index (χ1v) is 14.5. The minimum absolute atomic E-state index is 0.111. The van der Waals surface area contributed by atoms with Crippen LogP contribution in [0.3, 0.4) is 0 Å².